The molecule has 1 saturated heterocycles. The van der Waals surface area contributed by atoms with Crippen LogP contribution < -0.4 is 0 Å². The Morgan fingerprint density at radius 3 is 2.47 bits per heavy atom. The van der Waals surface area contributed by atoms with E-state index < -0.39 is 0 Å². The summed E-state index contributed by atoms with van der Waals surface area (Å²) in [6.45, 7) is 3.72. The van der Waals surface area contributed by atoms with Crippen LogP contribution in [0.15, 0.2) is 24.3 Å². The van der Waals surface area contributed by atoms with Gasteiger partial charge in [-0.15, -0.1) is 0 Å². The average Bonchev–Trinajstić information content (AvgIpc) is 2.91. The highest BCUT2D eigenvalue weighted by atomic mass is 35.5. The number of nitrogens with zero attached hydrogens (tertiary/aromatic N) is 3. The van der Waals surface area contributed by atoms with Crippen LogP contribution in [0.5, 0.6) is 0 Å². The van der Waals surface area contributed by atoms with Crippen LogP contribution in [0.3, 0.4) is 0 Å². The number of aliphatic hydroxyl groups excluding tert-OH is 2. The Balaban J connectivity index is 1.84. The molecule has 0 spiro atoms. The zero-order valence-corrected chi connectivity index (χ0v) is 18.5. The van der Waals surface area contributed by atoms with E-state index in [0.717, 1.165) is 12.0 Å². The van der Waals surface area contributed by atoms with Gasteiger partial charge < -0.3 is 20.0 Å². The van der Waals surface area contributed by atoms with E-state index in [-0.39, 0.29) is 25.0 Å². The number of carbonyl (C=O) groups is 2. The predicted molar refractivity (Wildman–Crippen MR) is 119 cm³/mol. The van der Waals surface area contributed by atoms with Crippen molar-refractivity contribution in [3.8, 4) is 0 Å². The molecule has 0 aromatic heterocycles. The summed E-state index contributed by atoms with van der Waals surface area (Å²) in [5, 5.41) is 19.0. The van der Waals surface area contributed by atoms with E-state index >= 15 is 0 Å². The molecule has 1 aliphatic heterocycles. The lowest BCUT2D eigenvalue weighted by Crippen LogP contribution is -2.37. The van der Waals surface area contributed by atoms with E-state index in [1.165, 1.54) is 6.08 Å². The number of aliphatic hydroxyl groups is 2. The van der Waals surface area contributed by atoms with Crippen LogP contribution in [0.2, 0.25) is 10.0 Å². The quantitative estimate of drug-likeness (QED) is 0.522. The minimum Gasteiger partial charge on any atom is -0.395 e. The summed E-state index contributed by atoms with van der Waals surface area (Å²) in [6.07, 6.45) is 4.22. The van der Waals surface area contributed by atoms with Crippen molar-refractivity contribution in [3.05, 3.63) is 39.9 Å². The smallest absolute Gasteiger partial charge is 0.246 e. The second-order valence-corrected chi connectivity index (χ2v) is 7.92. The highest BCUT2D eigenvalue weighted by Crippen LogP contribution is 2.23. The topological polar surface area (TPSA) is 84.3 Å². The first-order valence-electron chi connectivity index (χ1n) is 10.1. The molecule has 1 aliphatic rings. The summed E-state index contributed by atoms with van der Waals surface area (Å²) < 4.78 is 0. The molecular weight excluding hydrogens is 429 g/mol. The maximum absolute atomic E-state index is 12.5. The zero-order valence-electron chi connectivity index (χ0n) is 17.0. The maximum Gasteiger partial charge on any atom is 0.246 e. The molecule has 2 amide bonds. The molecule has 1 heterocycles. The molecule has 1 aromatic rings. The van der Waals surface area contributed by atoms with Crippen LogP contribution in [-0.2, 0) is 9.59 Å². The molecule has 0 saturated carbocycles. The van der Waals surface area contributed by atoms with Crippen LogP contribution in [-0.4, -0.2) is 95.8 Å². The third-order valence-corrected chi connectivity index (χ3v) is 5.74. The first-order chi connectivity index (χ1) is 14.4. The monoisotopic (exact) mass is 457 g/mol. The van der Waals surface area contributed by atoms with Crippen molar-refractivity contribution in [1.82, 2.24) is 14.7 Å². The lowest BCUT2D eigenvalue weighted by molar-refractivity contribution is -0.130. The summed E-state index contributed by atoms with van der Waals surface area (Å²) >= 11 is 11.9. The molecule has 1 fully saturated rings. The number of rotatable bonds is 10. The minimum atomic E-state index is -0.146. The fourth-order valence-electron chi connectivity index (χ4n) is 3.32. The lowest BCUT2D eigenvalue weighted by Gasteiger charge is -2.24. The molecule has 0 unspecified atom stereocenters. The van der Waals surface area contributed by atoms with E-state index in [1.54, 1.807) is 34.1 Å². The van der Waals surface area contributed by atoms with Crippen LogP contribution in [0.1, 0.15) is 18.4 Å². The number of hydrogen-bond acceptors (Lipinski definition) is 5. The van der Waals surface area contributed by atoms with Gasteiger partial charge in [0.25, 0.3) is 0 Å². The van der Waals surface area contributed by atoms with Gasteiger partial charge in [0.1, 0.15) is 0 Å². The van der Waals surface area contributed by atoms with Crippen molar-refractivity contribution in [3.63, 3.8) is 0 Å². The summed E-state index contributed by atoms with van der Waals surface area (Å²) in [5.74, 6) is -0.109. The normalized spacial score (nSPS) is 15.3. The molecule has 2 rings (SSSR count). The zero-order chi connectivity index (χ0) is 21.9. The summed E-state index contributed by atoms with van der Waals surface area (Å²) in [5.41, 5.74) is 0.778. The number of benzene rings is 1. The summed E-state index contributed by atoms with van der Waals surface area (Å²) in [4.78, 5) is 30.4. The molecule has 9 heteroatoms. The van der Waals surface area contributed by atoms with Crippen LogP contribution >= 0.6 is 23.2 Å². The lowest BCUT2D eigenvalue weighted by atomic mass is 10.2. The molecule has 0 aliphatic carbocycles. The van der Waals surface area contributed by atoms with Crippen molar-refractivity contribution >= 4 is 41.1 Å². The Bertz CT molecular complexity index is 739. The van der Waals surface area contributed by atoms with Gasteiger partial charge in [0, 0.05) is 58.3 Å². The molecule has 0 atom stereocenters. The predicted octanol–water partition coefficient (Wildman–Crippen LogP) is 1.74. The SMILES string of the molecule is O=C(/C=C/c1ccc(Cl)c(Cl)c1)N1CCC(=O)N(CCCN(CCO)CCO)CC1. The van der Waals surface area contributed by atoms with Gasteiger partial charge in [0.05, 0.1) is 23.3 Å². The third-order valence-electron chi connectivity index (χ3n) is 5.00. The Morgan fingerprint density at radius 1 is 1.07 bits per heavy atom. The molecular formula is C21H29Cl2N3O4. The van der Waals surface area contributed by atoms with Gasteiger partial charge >= 0.3 is 0 Å². The van der Waals surface area contributed by atoms with E-state index in [2.05, 4.69) is 0 Å². The first-order valence-corrected chi connectivity index (χ1v) is 10.8. The highest BCUT2D eigenvalue weighted by Gasteiger charge is 2.22. The van der Waals surface area contributed by atoms with Gasteiger partial charge in [0.15, 0.2) is 0 Å². The van der Waals surface area contributed by atoms with Crippen molar-refractivity contribution in [2.45, 2.75) is 12.8 Å². The van der Waals surface area contributed by atoms with Crippen molar-refractivity contribution < 1.29 is 19.8 Å². The molecule has 2 N–H and O–H groups in total. The number of halogens is 2. The molecule has 0 bridgehead atoms. The van der Waals surface area contributed by atoms with Crippen molar-refractivity contribution in [2.75, 3.05) is 59.0 Å². The Morgan fingerprint density at radius 2 is 1.80 bits per heavy atom. The van der Waals surface area contributed by atoms with Gasteiger partial charge in [-0.05, 0) is 30.2 Å². The van der Waals surface area contributed by atoms with E-state index in [9.17, 15) is 9.59 Å². The van der Waals surface area contributed by atoms with Crippen LogP contribution in [0.25, 0.3) is 6.08 Å². The molecule has 1 aromatic carbocycles. The van der Waals surface area contributed by atoms with Crippen LogP contribution in [0.4, 0.5) is 0 Å². The van der Waals surface area contributed by atoms with Gasteiger partial charge in [-0.1, -0.05) is 29.3 Å². The van der Waals surface area contributed by atoms with E-state index in [4.69, 9.17) is 33.4 Å². The fourth-order valence-corrected chi connectivity index (χ4v) is 3.62. The highest BCUT2D eigenvalue weighted by molar-refractivity contribution is 6.42. The number of amides is 2. The van der Waals surface area contributed by atoms with E-state index in [1.807, 2.05) is 4.90 Å². The van der Waals surface area contributed by atoms with Crippen molar-refractivity contribution in [2.24, 2.45) is 0 Å². The Kier molecular flexibility index (Phi) is 10.6. The molecule has 0 radical (unpaired) electrons. The standard InChI is InChI=1S/C21H29Cl2N3O4/c22-18-4-2-17(16-19(18)23)3-5-20(29)26-9-6-21(30)25(10-11-26)8-1-7-24(12-14-27)13-15-28/h2-5,16,27-28H,1,6-15H2/b5-3+. The van der Waals surface area contributed by atoms with Gasteiger partial charge in [-0.2, -0.15) is 0 Å². The molecule has 7 nitrogen and oxygen atoms in total. The largest absolute Gasteiger partial charge is 0.395 e. The van der Waals surface area contributed by atoms with E-state index in [0.29, 0.717) is 62.3 Å². The average molecular weight is 458 g/mol. The number of carbonyl (C=O) groups excluding carboxylic acids is 2. The minimum absolute atomic E-state index is 0.0367. The van der Waals surface area contributed by atoms with Gasteiger partial charge in [-0.3, -0.25) is 14.5 Å². The maximum atomic E-state index is 12.5. The first kappa shape index (κ1) is 24.6. The Labute approximate surface area is 187 Å². The second-order valence-electron chi connectivity index (χ2n) is 7.11. The second kappa shape index (κ2) is 12.9. The van der Waals surface area contributed by atoms with Gasteiger partial charge in [-0.25, -0.2) is 0 Å². The molecule has 166 valence electrons. The number of hydrogen-bond donors (Lipinski definition) is 2. The van der Waals surface area contributed by atoms with Gasteiger partial charge in [0.2, 0.25) is 11.8 Å². The third kappa shape index (κ3) is 7.89. The Hall–Kier alpha value is -1.64. The fraction of sp³-hybridized carbons (Fsp3) is 0.524. The summed E-state index contributed by atoms with van der Waals surface area (Å²) in [6, 6.07) is 5.15. The summed E-state index contributed by atoms with van der Waals surface area (Å²) in [7, 11) is 0. The van der Waals surface area contributed by atoms with Crippen LogP contribution in [0, 0.1) is 0 Å². The molecule has 30 heavy (non-hydrogen) atoms. The van der Waals surface area contributed by atoms with Crippen molar-refractivity contribution in [1.29, 1.82) is 0 Å².